The minimum Gasteiger partial charge on any atom is -1.00 e. The fourth-order valence-corrected chi connectivity index (χ4v) is 12.4. The van der Waals surface area contributed by atoms with Gasteiger partial charge in [0.05, 0.1) is 0 Å². The molecule has 0 N–H and O–H groups in total. The standard InChI is InChI=1S/2C11H17Si.2ClH.Ti/c2*1-3-12(7-4-8-12)11-6-5-10(2)9-11;;;/h2*6H,3-5,7-8H2,1-2H3;2*1H;/q2*-1;;;+4/p-2. The van der Waals surface area contributed by atoms with Crippen LogP contribution >= 0.6 is 0 Å². The topological polar surface area (TPSA) is 0 Å². The molecule has 0 bridgehead atoms. The first-order valence-electron chi connectivity index (χ1n) is 10.1. The normalized spacial score (nSPS) is 23.3. The molecule has 0 amide bonds. The van der Waals surface area contributed by atoms with Gasteiger partial charge in [0, 0.05) is 16.1 Å². The van der Waals surface area contributed by atoms with E-state index < -0.39 is 16.1 Å². The van der Waals surface area contributed by atoms with Crippen molar-refractivity contribution in [2.24, 2.45) is 0 Å². The van der Waals surface area contributed by atoms with E-state index in [9.17, 15) is 0 Å². The van der Waals surface area contributed by atoms with Gasteiger partial charge in [0.25, 0.3) is 0 Å². The number of hydrogen-bond donors (Lipinski definition) is 0. The largest absolute Gasteiger partial charge is 4.00 e. The van der Waals surface area contributed by atoms with Crippen LogP contribution in [0.25, 0.3) is 0 Å². The minimum atomic E-state index is -0.896. The smallest absolute Gasteiger partial charge is 1.00 e. The summed E-state index contributed by atoms with van der Waals surface area (Å²) in [6, 6.07) is 9.04. The Hall–Kier alpha value is 0.688. The summed E-state index contributed by atoms with van der Waals surface area (Å²) in [6.45, 7) is 9.17. The summed E-state index contributed by atoms with van der Waals surface area (Å²) in [5.41, 5.74) is 2.91. The Morgan fingerprint density at radius 3 is 1.22 bits per heavy atom. The molecular weight excluding hydrogens is 439 g/mol. The van der Waals surface area contributed by atoms with Gasteiger partial charge in [-0.25, -0.2) is 22.5 Å². The van der Waals surface area contributed by atoms with Crippen LogP contribution in [0.2, 0.25) is 36.3 Å². The van der Waals surface area contributed by atoms with Gasteiger partial charge < -0.3 is 24.8 Å². The summed E-state index contributed by atoms with van der Waals surface area (Å²) >= 11 is 0. The zero-order chi connectivity index (χ0) is 17.2. The average Bonchev–Trinajstić information content (AvgIpc) is 3.09. The summed E-state index contributed by atoms with van der Waals surface area (Å²) in [5.74, 6) is 0. The second-order valence-corrected chi connectivity index (χ2v) is 18.0. The average molecular weight is 473 g/mol. The van der Waals surface area contributed by atoms with E-state index in [1.807, 2.05) is 0 Å². The van der Waals surface area contributed by atoms with Crippen molar-refractivity contribution in [1.29, 1.82) is 0 Å². The fraction of sp³-hybridized carbons (Fsp3) is 0.636. The van der Waals surface area contributed by atoms with Crippen LogP contribution < -0.4 is 24.8 Å². The second kappa shape index (κ2) is 11.8. The molecule has 0 saturated carbocycles. The van der Waals surface area contributed by atoms with Gasteiger partial charge in [-0.15, -0.1) is 0 Å². The van der Waals surface area contributed by atoms with Crippen molar-refractivity contribution < 1.29 is 46.5 Å². The van der Waals surface area contributed by atoms with Gasteiger partial charge in [-0.2, -0.15) is 11.1 Å². The van der Waals surface area contributed by atoms with E-state index in [4.69, 9.17) is 0 Å². The van der Waals surface area contributed by atoms with Crippen molar-refractivity contribution >= 4 is 16.1 Å². The van der Waals surface area contributed by atoms with E-state index in [1.165, 1.54) is 73.1 Å². The van der Waals surface area contributed by atoms with Crippen molar-refractivity contribution in [3.8, 4) is 0 Å². The van der Waals surface area contributed by atoms with Gasteiger partial charge in [0.15, 0.2) is 0 Å². The van der Waals surface area contributed by atoms with Crippen LogP contribution in [0.15, 0.2) is 33.7 Å². The molecule has 0 aromatic rings. The Morgan fingerprint density at radius 2 is 1.07 bits per heavy atom. The molecule has 4 aliphatic rings. The first kappa shape index (κ1) is 27.7. The predicted molar refractivity (Wildman–Crippen MR) is 111 cm³/mol. The van der Waals surface area contributed by atoms with Gasteiger partial charge in [0.2, 0.25) is 0 Å². The minimum absolute atomic E-state index is 0. The molecule has 0 atom stereocenters. The summed E-state index contributed by atoms with van der Waals surface area (Å²) in [6.07, 6.45) is 17.4. The van der Waals surface area contributed by atoms with Gasteiger partial charge in [-0.1, -0.05) is 89.6 Å². The quantitative estimate of drug-likeness (QED) is 0.422. The molecule has 5 heteroatoms. The first-order chi connectivity index (χ1) is 11.5. The van der Waals surface area contributed by atoms with Crippen LogP contribution in [-0.2, 0) is 21.7 Å². The molecule has 2 saturated heterocycles. The third kappa shape index (κ3) is 5.86. The molecule has 0 aromatic carbocycles. The third-order valence-corrected chi connectivity index (χ3v) is 17.9. The van der Waals surface area contributed by atoms with E-state index in [0.29, 0.717) is 0 Å². The Balaban J connectivity index is 0.000000451. The van der Waals surface area contributed by atoms with Crippen molar-refractivity contribution in [1.82, 2.24) is 0 Å². The van der Waals surface area contributed by atoms with Crippen molar-refractivity contribution in [3.05, 3.63) is 45.8 Å². The Kier molecular flexibility index (Phi) is 12.1. The second-order valence-electron chi connectivity index (χ2n) is 8.43. The van der Waals surface area contributed by atoms with Crippen molar-refractivity contribution in [2.45, 2.75) is 89.6 Å². The van der Waals surface area contributed by atoms with Crippen LogP contribution in [-0.4, -0.2) is 16.1 Å². The summed E-state index contributed by atoms with van der Waals surface area (Å²) in [7, 11) is -1.79. The van der Waals surface area contributed by atoms with Crippen molar-refractivity contribution in [2.75, 3.05) is 0 Å². The van der Waals surface area contributed by atoms with Gasteiger partial charge in [-0.3, -0.25) is 12.2 Å². The molecular formula is C22H34Cl2Si2Ti. The van der Waals surface area contributed by atoms with Crippen LogP contribution in [0.5, 0.6) is 0 Å². The Morgan fingerprint density at radius 1 is 0.741 bits per heavy atom. The van der Waals surface area contributed by atoms with Crippen LogP contribution in [0.3, 0.4) is 0 Å². The van der Waals surface area contributed by atoms with E-state index in [2.05, 4.69) is 52.0 Å². The maximum Gasteiger partial charge on any atom is 4.00 e. The van der Waals surface area contributed by atoms with E-state index in [0.717, 1.165) is 0 Å². The number of hydrogen-bond acceptors (Lipinski definition) is 0. The summed E-state index contributed by atoms with van der Waals surface area (Å²) in [4.78, 5) is 0. The van der Waals surface area contributed by atoms with E-state index in [1.54, 1.807) is 10.4 Å². The maximum atomic E-state index is 3.59. The predicted octanol–water partition coefficient (Wildman–Crippen LogP) is 0.961. The number of halogens is 2. The number of rotatable bonds is 4. The van der Waals surface area contributed by atoms with Gasteiger partial charge in [-0.05, 0) is 0 Å². The third-order valence-electron chi connectivity index (χ3n) is 7.04. The Labute approximate surface area is 197 Å². The molecule has 0 radical (unpaired) electrons. The molecule has 148 valence electrons. The van der Waals surface area contributed by atoms with Crippen LogP contribution in [0.1, 0.15) is 53.4 Å². The van der Waals surface area contributed by atoms with Gasteiger partial charge in [0.1, 0.15) is 0 Å². The van der Waals surface area contributed by atoms with Crippen LogP contribution in [0, 0.1) is 12.2 Å². The molecule has 2 aliphatic carbocycles. The molecule has 0 nitrogen and oxygen atoms in total. The first-order valence-corrected chi connectivity index (χ1v) is 15.4. The molecule has 2 heterocycles. The summed E-state index contributed by atoms with van der Waals surface area (Å²) < 4.78 is 0. The van der Waals surface area contributed by atoms with Crippen LogP contribution in [0.4, 0.5) is 0 Å². The van der Waals surface area contributed by atoms with Crippen molar-refractivity contribution in [3.63, 3.8) is 0 Å². The number of allylic oxidation sites excluding steroid dienone is 8. The maximum absolute atomic E-state index is 3.59. The monoisotopic (exact) mass is 472 g/mol. The summed E-state index contributed by atoms with van der Waals surface area (Å²) in [5, 5.41) is 3.32. The Bertz CT molecular complexity index is 547. The molecule has 2 aliphatic heterocycles. The van der Waals surface area contributed by atoms with E-state index >= 15 is 0 Å². The van der Waals surface area contributed by atoms with Gasteiger partial charge >= 0.3 is 21.7 Å². The molecule has 0 unspecified atom stereocenters. The SMILES string of the molecule is CC[Si]1(C2=CCC(C)=[C-]2)CCC1.CC[Si]1(C2=CCC(C)=[C-]2)CCC1.[Cl-].[Cl-].[Ti+4]. The zero-order valence-electron chi connectivity index (χ0n) is 17.5. The van der Waals surface area contributed by atoms with E-state index in [-0.39, 0.29) is 46.5 Å². The zero-order valence-corrected chi connectivity index (χ0v) is 22.6. The fourth-order valence-electron chi connectivity index (χ4n) is 4.71. The molecule has 0 spiro atoms. The molecule has 4 rings (SSSR count). The molecule has 0 aromatic heterocycles. The molecule has 27 heavy (non-hydrogen) atoms. The molecule has 2 fully saturated rings.